The highest BCUT2D eigenvalue weighted by Gasteiger charge is 2.40. The van der Waals surface area contributed by atoms with Gasteiger partial charge in [0.2, 0.25) is 0 Å². The van der Waals surface area contributed by atoms with Crippen molar-refractivity contribution in [2.24, 2.45) is 0 Å². The second kappa shape index (κ2) is 7.91. The molecule has 4 nitrogen and oxygen atoms in total. The fraction of sp³-hybridized carbons (Fsp3) is 1.00. The van der Waals surface area contributed by atoms with E-state index in [9.17, 15) is 0 Å². The third kappa shape index (κ3) is 4.65. The summed E-state index contributed by atoms with van der Waals surface area (Å²) in [6.45, 7) is 16.4. The molecule has 2 heterocycles. The van der Waals surface area contributed by atoms with E-state index in [-0.39, 0.29) is 0 Å². The van der Waals surface area contributed by atoms with E-state index in [1.165, 1.54) is 45.4 Å². The quantitative estimate of drug-likeness (QED) is 0.752. The van der Waals surface area contributed by atoms with Crippen LogP contribution >= 0.6 is 0 Å². The lowest BCUT2D eigenvalue weighted by molar-refractivity contribution is -0.0823. The second-order valence-corrected chi connectivity index (χ2v) is 6.96. The number of piperazine rings is 1. The SMILES string of the molecule is CC[C@]1(N2CCN(CCOC(C)C)CC2)CCO[C@@H](C)C1. The second-order valence-electron chi connectivity index (χ2n) is 6.96. The number of nitrogens with zero attached hydrogens (tertiary/aromatic N) is 2. The minimum Gasteiger partial charge on any atom is -0.378 e. The third-order valence-corrected chi connectivity index (χ3v) is 5.20. The van der Waals surface area contributed by atoms with Crippen molar-refractivity contribution in [3.8, 4) is 0 Å². The molecule has 0 N–H and O–H groups in total. The summed E-state index contributed by atoms with van der Waals surface area (Å²) in [6.07, 6.45) is 4.40. The van der Waals surface area contributed by atoms with Crippen LogP contribution in [0.3, 0.4) is 0 Å². The Morgan fingerprint density at radius 3 is 2.52 bits per heavy atom. The van der Waals surface area contributed by atoms with Crippen LogP contribution in [0.1, 0.15) is 47.0 Å². The first kappa shape index (κ1) is 17.2. The molecule has 2 aliphatic heterocycles. The van der Waals surface area contributed by atoms with Crippen molar-refractivity contribution in [3.63, 3.8) is 0 Å². The molecule has 0 aromatic carbocycles. The standard InChI is InChI=1S/C17H34N2O2/c1-5-17(6-12-21-16(4)14-17)19-9-7-18(8-10-19)11-13-20-15(2)3/h15-16H,5-14H2,1-4H3/t16-,17-/m0/s1. The molecule has 0 spiro atoms. The molecule has 0 bridgehead atoms. The molecule has 0 aromatic rings. The molecular weight excluding hydrogens is 264 g/mol. The lowest BCUT2D eigenvalue weighted by Crippen LogP contribution is -2.59. The van der Waals surface area contributed by atoms with Crippen LogP contribution < -0.4 is 0 Å². The van der Waals surface area contributed by atoms with Crippen LogP contribution in [0.5, 0.6) is 0 Å². The summed E-state index contributed by atoms with van der Waals surface area (Å²) in [5.74, 6) is 0. The van der Waals surface area contributed by atoms with Crippen LogP contribution in [-0.4, -0.2) is 73.5 Å². The molecule has 0 aliphatic carbocycles. The van der Waals surface area contributed by atoms with Gasteiger partial charge in [0.1, 0.15) is 0 Å². The summed E-state index contributed by atoms with van der Waals surface area (Å²) in [7, 11) is 0. The van der Waals surface area contributed by atoms with Crippen LogP contribution in [0.4, 0.5) is 0 Å². The minimum absolute atomic E-state index is 0.346. The Hall–Kier alpha value is -0.160. The van der Waals surface area contributed by atoms with Gasteiger partial charge in [0.05, 0.1) is 18.8 Å². The third-order valence-electron chi connectivity index (χ3n) is 5.20. The van der Waals surface area contributed by atoms with Crippen LogP contribution in [0.15, 0.2) is 0 Å². The Morgan fingerprint density at radius 2 is 1.95 bits per heavy atom. The van der Waals surface area contributed by atoms with Gasteiger partial charge in [0.15, 0.2) is 0 Å². The molecular formula is C17H34N2O2. The van der Waals surface area contributed by atoms with E-state index in [1.807, 2.05) is 0 Å². The Bertz CT molecular complexity index is 303. The van der Waals surface area contributed by atoms with Crippen molar-refractivity contribution >= 4 is 0 Å². The van der Waals surface area contributed by atoms with Crippen molar-refractivity contribution < 1.29 is 9.47 Å². The first-order chi connectivity index (χ1) is 10.1. The average molecular weight is 298 g/mol. The Morgan fingerprint density at radius 1 is 1.24 bits per heavy atom. The first-order valence-electron chi connectivity index (χ1n) is 8.76. The summed E-state index contributed by atoms with van der Waals surface area (Å²) >= 11 is 0. The van der Waals surface area contributed by atoms with E-state index in [4.69, 9.17) is 9.47 Å². The van der Waals surface area contributed by atoms with E-state index in [1.54, 1.807) is 0 Å². The maximum Gasteiger partial charge on any atom is 0.0596 e. The Kier molecular flexibility index (Phi) is 6.48. The van der Waals surface area contributed by atoms with Crippen LogP contribution in [0, 0.1) is 0 Å². The largest absolute Gasteiger partial charge is 0.378 e. The van der Waals surface area contributed by atoms with Gasteiger partial charge in [-0.3, -0.25) is 9.80 Å². The lowest BCUT2D eigenvalue weighted by atomic mass is 9.82. The molecule has 124 valence electrons. The molecule has 21 heavy (non-hydrogen) atoms. The van der Waals surface area contributed by atoms with Gasteiger partial charge >= 0.3 is 0 Å². The predicted octanol–water partition coefficient (Wildman–Crippen LogP) is 2.38. The highest BCUT2D eigenvalue weighted by atomic mass is 16.5. The highest BCUT2D eigenvalue weighted by Crippen LogP contribution is 2.34. The maximum atomic E-state index is 5.77. The number of ether oxygens (including phenoxy) is 2. The van der Waals surface area contributed by atoms with Crippen molar-refractivity contribution in [2.45, 2.75) is 64.7 Å². The van der Waals surface area contributed by atoms with Gasteiger partial charge in [-0.05, 0) is 40.0 Å². The zero-order chi connectivity index (χ0) is 15.3. The van der Waals surface area contributed by atoms with E-state index in [0.29, 0.717) is 17.7 Å². The van der Waals surface area contributed by atoms with Crippen molar-refractivity contribution in [1.29, 1.82) is 0 Å². The van der Waals surface area contributed by atoms with E-state index < -0.39 is 0 Å². The molecule has 0 unspecified atom stereocenters. The zero-order valence-corrected chi connectivity index (χ0v) is 14.4. The van der Waals surface area contributed by atoms with Gasteiger partial charge in [0, 0.05) is 44.9 Å². The topological polar surface area (TPSA) is 24.9 Å². The van der Waals surface area contributed by atoms with Crippen LogP contribution in [0.25, 0.3) is 0 Å². The normalized spacial score (nSPS) is 32.7. The molecule has 2 atom stereocenters. The molecule has 2 saturated heterocycles. The Labute approximate surface area is 130 Å². The van der Waals surface area contributed by atoms with E-state index >= 15 is 0 Å². The van der Waals surface area contributed by atoms with Gasteiger partial charge in [-0.2, -0.15) is 0 Å². The number of hydrogen-bond donors (Lipinski definition) is 0. The van der Waals surface area contributed by atoms with Gasteiger partial charge < -0.3 is 9.47 Å². The average Bonchev–Trinajstić information content (AvgIpc) is 2.47. The summed E-state index contributed by atoms with van der Waals surface area (Å²) in [6, 6.07) is 0. The van der Waals surface area contributed by atoms with Gasteiger partial charge in [-0.15, -0.1) is 0 Å². The molecule has 2 fully saturated rings. The van der Waals surface area contributed by atoms with Crippen molar-refractivity contribution in [2.75, 3.05) is 45.9 Å². The molecule has 0 aromatic heterocycles. The van der Waals surface area contributed by atoms with Gasteiger partial charge in [-0.25, -0.2) is 0 Å². The van der Waals surface area contributed by atoms with E-state index in [2.05, 4.69) is 37.5 Å². The monoisotopic (exact) mass is 298 g/mol. The number of rotatable bonds is 6. The minimum atomic E-state index is 0.346. The summed E-state index contributed by atoms with van der Waals surface area (Å²) in [5.41, 5.74) is 0.387. The smallest absolute Gasteiger partial charge is 0.0596 e. The maximum absolute atomic E-state index is 5.77. The molecule has 0 radical (unpaired) electrons. The summed E-state index contributed by atoms with van der Waals surface area (Å²) in [5, 5.41) is 0. The molecule has 0 amide bonds. The molecule has 2 aliphatic rings. The molecule has 4 heteroatoms. The van der Waals surface area contributed by atoms with E-state index in [0.717, 1.165) is 19.8 Å². The molecule has 2 rings (SSSR count). The first-order valence-corrected chi connectivity index (χ1v) is 8.76. The van der Waals surface area contributed by atoms with Gasteiger partial charge in [0.25, 0.3) is 0 Å². The summed E-state index contributed by atoms with van der Waals surface area (Å²) in [4.78, 5) is 5.29. The summed E-state index contributed by atoms with van der Waals surface area (Å²) < 4.78 is 11.4. The molecule has 0 saturated carbocycles. The highest BCUT2D eigenvalue weighted by molar-refractivity contribution is 4.95. The van der Waals surface area contributed by atoms with Crippen LogP contribution in [0.2, 0.25) is 0 Å². The lowest BCUT2D eigenvalue weighted by Gasteiger charge is -2.50. The predicted molar refractivity (Wildman–Crippen MR) is 86.8 cm³/mol. The van der Waals surface area contributed by atoms with Gasteiger partial charge in [-0.1, -0.05) is 6.92 Å². The van der Waals surface area contributed by atoms with Crippen molar-refractivity contribution in [1.82, 2.24) is 9.80 Å². The Balaban J connectivity index is 1.79. The number of hydrogen-bond acceptors (Lipinski definition) is 4. The fourth-order valence-electron chi connectivity index (χ4n) is 3.84. The zero-order valence-electron chi connectivity index (χ0n) is 14.4. The van der Waals surface area contributed by atoms with Crippen LogP contribution in [-0.2, 0) is 9.47 Å². The van der Waals surface area contributed by atoms with Crippen molar-refractivity contribution in [3.05, 3.63) is 0 Å². The fourth-order valence-corrected chi connectivity index (χ4v) is 3.84.